The number of carbonyl (C=O) groups excluding carboxylic acids is 1. The molecule has 0 aromatic heterocycles. The van der Waals surface area contributed by atoms with Crippen LogP contribution in [0, 0.1) is 11.8 Å². The maximum absolute atomic E-state index is 11.0. The normalized spacial score (nSPS) is 31.8. The predicted molar refractivity (Wildman–Crippen MR) is 63.4 cm³/mol. The van der Waals surface area contributed by atoms with Crippen LogP contribution in [0.1, 0.15) is 25.7 Å². The van der Waals surface area contributed by atoms with E-state index in [-0.39, 0.29) is 0 Å². The molecule has 0 amide bonds. The van der Waals surface area contributed by atoms with Gasteiger partial charge in [0.25, 0.3) is 0 Å². The zero-order chi connectivity index (χ0) is 8.27. The summed E-state index contributed by atoms with van der Waals surface area (Å²) >= 11 is 4.38. The van der Waals surface area contributed by atoms with Crippen molar-refractivity contribution < 1.29 is 4.79 Å². The van der Waals surface area contributed by atoms with Gasteiger partial charge >= 0.3 is 0 Å². The molecule has 11 heavy (non-hydrogen) atoms. The minimum absolute atomic E-state index is 0.370. The first-order chi connectivity index (χ1) is 5.24. The van der Waals surface area contributed by atoms with Gasteiger partial charge in [-0.25, -0.2) is 0 Å². The molecular weight excluding hydrogens is 366 g/mol. The van der Waals surface area contributed by atoms with E-state index in [2.05, 4.69) is 22.6 Å². The molecule has 0 atom stereocenters. The van der Waals surface area contributed by atoms with Gasteiger partial charge in [-0.3, -0.25) is 4.79 Å². The van der Waals surface area contributed by atoms with E-state index in [1.54, 1.807) is 0 Å². The summed E-state index contributed by atoms with van der Waals surface area (Å²) in [5, 5.41) is 0. The highest BCUT2D eigenvalue weighted by Gasteiger charge is 2.23. The molecule has 0 heterocycles. The van der Waals surface area contributed by atoms with Gasteiger partial charge in [-0.1, -0.05) is 22.6 Å². The lowest BCUT2D eigenvalue weighted by Crippen LogP contribution is -2.18. The van der Waals surface area contributed by atoms with Crippen LogP contribution in [0.4, 0.5) is 0 Å². The highest BCUT2D eigenvalue weighted by molar-refractivity contribution is 14.1. The van der Waals surface area contributed by atoms with Crippen molar-refractivity contribution in [1.29, 1.82) is 0 Å². The van der Waals surface area contributed by atoms with Crippen LogP contribution >= 0.6 is 45.2 Å². The first kappa shape index (κ1) is 10.2. The Kier molecular flexibility index (Phi) is 4.63. The fourth-order valence-corrected chi connectivity index (χ4v) is 3.05. The number of carbonyl (C=O) groups is 1. The molecule has 1 fully saturated rings. The minimum atomic E-state index is 0.370. The molecular formula is C8H12I2O. The average molecular weight is 378 g/mol. The second-order valence-corrected chi connectivity index (χ2v) is 5.12. The van der Waals surface area contributed by atoms with Crippen LogP contribution in [0.25, 0.3) is 0 Å². The first-order valence-electron chi connectivity index (χ1n) is 3.99. The molecule has 0 aromatic carbocycles. The molecule has 0 N–H and O–H groups in total. The number of hydrogen-bond donors (Lipinski definition) is 0. The highest BCUT2D eigenvalue weighted by Crippen LogP contribution is 2.31. The lowest BCUT2D eigenvalue weighted by molar-refractivity contribution is -0.113. The zero-order valence-corrected chi connectivity index (χ0v) is 10.7. The summed E-state index contributed by atoms with van der Waals surface area (Å²) in [6.45, 7) is 0. The van der Waals surface area contributed by atoms with Crippen molar-refractivity contribution in [3.8, 4) is 0 Å². The maximum atomic E-state index is 11.0. The topological polar surface area (TPSA) is 17.1 Å². The molecule has 0 unspecified atom stereocenters. The summed E-state index contributed by atoms with van der Waals surface area (Å²) < 4.78 is 1.63. The lowest BCUT2D eigenvalue weighted by atomic mass is 9.84. The summed E-state index contributed by atoms with van der Waals surface area (Å²) in [5.74, 6) is 1.28. The zero-order valence-electron chi connectivity index (χ0n) is 6.35. The lowest BCUT2D eigenvalue weighted by Gasteiger charge is -2.24. The summed E-state index contributed by atoms with van der Waals surface area (Å²) in [6.07, 6.45) is 4.80. The molecule has 0 radical (unpaired) electrons. The van der Waals surface area contributed by atoms with Gasteiger partial charge in [-0.2, -0.15) is 0 Å². The Morgan fingerprint density at radius 3 is 2.18 bits per heavy atom. The molecule has 0 aromatic rings. The van der Waals surface area contributed by atoms with Gasteiger partial charge in [0.05, 0.1) is 0 Å². The average Bonchev–Trinajstić information content (AvgIpc) is 2.05. The van der Waals surface area contributed by atoms with Gasteiger partial charge < -0.3 is 0 Å². The van der Waals surface area contributed by atoms with Crippen molar-refractivity contribution in [3.63, 3.8) is 0 Å². The summed E-state index contributed by atoms with van der Waals surface area (Å²) in [6, 6.07) is 0. The summed E-state index contributed by atoms with van der Waals surface area (Å²) in [7, 11) is 0. The molecule has 0 bridgehead atoms. The molecule has 3 heteroatoms. The predicted octanol–water partition coefficient (Wildman–Crippen LogP) is 3.19. The van der Waals surface area contributed by atoms with Crippen molar-refractivity contribution in [1.82, 2.24) is 0 Å². The minimum Gasteiger partial charge on any atom is -0.287 e. The maximum Gasteiger partial charge on any atom is 0.195 e. The Bertz CT molecular complexity index is 139. The van der Waals surface area contributed by atoms with Gasteiger partial charge in [0.15, 0.2) is 3.79 Å². The molecule has 0 aliphatic heterocycles. The third-order valence-electron chi connectivity index (χ3n) is 2.39. The van der Waals surface area contributed by atoms with Crippen molar-refractivity contribution in [3.05, 3.63) is 0 Å². The quantitative estimate of drug-likeness (QED) is 0.410. The Morgan fingerprint density at radius 1 is 1.27 bits per heavy atom. The fraction of sp³-hybridized carbons (Fsp3) is 0.875. The first-order valence-corrected chi connectivity index (χ1v) is 6.59. The Balaban J connectivity index is 2.30. The molecule has 1 nitrogen and oxygen atoms in total. The van der Waals surface area contributed by atoms with Gasteiger partial charge in [-0.15, -0.1) is 0 Å². The summed E-state index contributed by atoms with van der Waals surface area (Å²) in [4.78, 5) is 11.0. The van der Waals surface area contributed by atoms with Gasteiger partial charge in [-0.05, 0) is 54.2 Å². The van der Waals surface area contributed by atoms with Crippen molar-refractivity contribution in [2.75, 3.05) is 4.43 Å². The monoisotopic (exact) mass is 378 g/mol. The Morgan fingerprint density at radius 2 is 1.82 bits per heavy atom. The van der Waals surface area contributed by atoms with Crippen LogP contribution in [0.15, 0.2) is 0 Å². The van der Waals surface area contributed by atoms with E-state index in [1.807, 2.05) is 22.6 Å². The number of hydrogen-bond acceptors (Lipinski definition) is 1. The third kappa shape index (κ3) is 3.16. The molecule has 1 aliphatic carbocycles. The number of alkyl halides is 1. The van der Waals surface area contributed by atoms with Crippen molar-refractivity contribution >= 4 is 49.0 Å². The van der Waals surface area contributed by atoms with Crippen LogP contribution in [0.2, 0.25) is 0 Å². The fourth-order valence-electron chi connectivity index (χ4n) is 1.54. The number of rotatable bonds is 2. The Labute approximate surface area is 95.0 Å². The molecule has 0 saturated heterocycles. The largest absolute Gasteiger partial charge is 0.287 e. The van der Waals surface area contributed by atoms with Crippen molar-refractivity contribution in [2.24, 2.45) is 11.8 Å². The van der Waals surface area contributed by atoms with Crippen molar-refractivity contribution in [2.45, 2.75) is 25.7 Å². The molecule has 64 valence electrons. The Hall–Kier alpha value is 1.13. The van der Waals surface area contributed by atoms with E-state index in [0.29, 0.717) is 9.71 Å². The van der Waals surface area contributed by atoms with Gasteiger partial charge in [0.2, 0.25) is 0 Å². The second-order valence-electron chi connectivity index (χ2n) is 3.18. The van der Waals surface area contributed by atoms with E-state index in [1.165, 1.54) is 17.3 Å². The van der Waals surface area contributed by atoms with Crippen LogP contribution in [0.5, 0.6) is 0 Å². The van der Waals surface area contributed by atoms with E-state index in [0.717, 1.165) is 18.8 Å². The SMILES string of the molecule is O=C(I)C1CCC(CI)CC1. The van der Waals surface area contributed by atoms with Crippen LogP contribution in [0.3, 0.4) is 0 Å². The molecule has 1 rings (SSSR count). The molecule has 1 aliphatic rings. The highest BCUT2D eigenvalue weighted by atomic mass is 127. The van der Waals surface area contributed by atoms with Crippen LogP contribution in [-0.4, -0.2) is 8.22 Å². The number of halogens is 2. The van der Waals surface area contributed by atoms with E-state index in [9.17, 15) is 4.79 Å². The third-order valence-corrected chi connectivity index (χ3v) is 4.51. The van der Waals surface area contributed by atoms with Crippen LogP contribution in [-0.2, 0) is 4.79 Å². The standard InChI is InChI=1S/C8H12I2O/c9-5-6-1-3-7(4-2-6)8(10)11/h6-7H,1-5H2. The molecule has 0 spiro atoms. The van der Waals surface area contributed by atoms with E-state index in [4.69, 9.17) is 0 Å². The summed E-state index contributed by atoms with van der Waals surface area (Å²) in [5.41, 5.74) is 0. The van der Waals surface area contributed by atoms with Gasteiger partial charge in [0, 0.05) is 10.3 Å². The van der Waals surface area contributed by atoms with E-state index < -0.39 is 0 Å². The molecule has 1 saturated carbocycles. The smallest absolute Gasteiger partial charge is 0.195 e. The van der Waals surface area contributed by atoms with Crippen LogP contribution < -0.4 is 0 Å². The second kappa shape index (κ2) is 4.99. The van der Waals surface area contributed by atoms with E-state index >= 15 is 0 Å². The van der Waals surface area contributed by atoms with Gasteiger partial charge in [0.1, 0.15) is 0 Å².